The second kappa shape index (κ2) is 41.4. The number of esters is 2. The van der Waals surface area contributed by atoms with Gasteiger partial charge in [0.25, 0.3) is 0 Å². The van der Waals surface area contributed by atoms with E-state index >= 15 is 0 Å². The third-order valence-electron chi connectivity index (χ3n) is 9.25. The van der Waals surface area contributed by atoms with Gasteiger partial charge in [0, 0.05) is 12.8 Å². The SMILES string of the molecule is CCCCCCCC/C=C\CCCCCCCCCC(=O)O[C@H](COC(=O)CCC/C=C\C/C=C\C/C=C\C=C\[C@H](O)CCCCC)COP(=O)(O)OC[C@@H](O)CO. The first-order valence-corrected chi connectivity index (χ1v) is 23.8. The maximum atomic E-state index is 12.6. The van der Waals surface area contributed by atoms with Crippen molar-refractivity contribution in [3.05, 3.63) is 60.8 Å². The van der Waals surface area contributed by atoms with E-state index < -0.39 is 51.8 Å². The number of carbonyl (C=O) groups excluding carboxylic acids is 2. The molecule has 12 heteroatoms. The monoisotopic (exact) mass is 841 g/mol. The number of hydrogen-bond donors (Lipinski definition) is 4. The molecule has 0 aliphatic carbocycles. The van der Waals surface area contributed by atoms with E-state index in [0.717, 1.165) is 70.6 Å². The number of allylic oxidation sites excluding steroid dienone is 9. The summed E-state index contributed by atoms with van der Waals surface area (Å²) in [7, 11) is -4.64. The Morgan fingerprint density at radius 3 is 1.76 bits per heavy atom. The Kier molecular flexibility index (Phi) is 39.7. The smallest absolute Gasteiger partial charge is 0.462 e. The highest BCUT2D eigenvalue weighted by atomic mass is 31.2. The molecule has 1 unspecified atom stereocenters. The molecule has 0 spiro atoms. The van der Waals surface area contributed by atoms with Crippen molar-refractivity contribution in [1.82, 2.24) is 0 Å². The zero-order valence-corrected chi connectivity index (χ0v) is 37.0. The number of unbranched alkanes of at least 4 members (excludes halogenated alkanes) is 16. The van der Waals surface area contributed by atoms with Crippen molar-refractivity contribution in [3.63, 3.8) is 0 Å². The molecule has 0 radical (unpaired) electrons. The number of ether oxygens (including phenoxy) is 2. The largest absolute Gasteiger partial charge is 0.472 e. The average Bonchev–Trinajstić information content (AvgIpc) is 3.20. The molecule has 0 aliphatic heterocycles. The van der Waals surface area contributed by atoms with Crippen LogP contribution < -0.4 is 0 Å². The van der Waals surface area contributed by atoms with Gasteiger partial charge in [0.15, 0.2) is 6.10 Å². The summed E-state index contributed by atoms with van der Waals surface area (Å²) in [5.41, 5.74) is 0. The molecule has 0 aliphatic rings. The van der Waals surface area contributed by atoms with Crippen LogP contribution in [-0.2, 0) is 32.7 Å². The summed E-state index contributed by atoms with van der Waals surface area (Å²) >= 11 is 0. The molecule has 4 N–H and O–H groups in total. The summed E-state index contributed by atoms with van der Waals surface area (Å²) in [6.45, 7) is 2.17. The molecule has 336 valence electrons. The first-order chi connectivity index (χ1) is 28.1. The van der Waals surface area contributed by atoms with Crippen molar-refractivity contribution in [2.24, 2.45) is 0 Å². The lowest BCUT2D eigenvalue weighted by Crippen LogP contribution is -2.29. The predicted octanol–water partition coefficient (Wildman–Crippen LogP) is 10.9. The van der Waals surface area contributed by atoms with Crippen molar-refractivity contribution < 1.29 is 52.9 Å². The topological polar surface area (TPSA) is 169 Å². The Labute approximate surface area is 351 Å². The van der Waals surface area contributed by atoms with Crippen LogP contribution in [0.2, 0.25) is 0 Å². The summed E-state index contributed by atoms with van der Waals surface area (Å²) in [5.74, 6) is -1.02. The van der Waals surface area contributed by atoms with Crippen molar-refractivity contribution in [2.45, 2.75) is 193 Å². The van der Waals surface area contributed by atoms with Gasteiger partial charge in [-0.2, -0.15) is 0 Å². The zero-order chi connectivity index (χ0) is 42.8. The number of rotatable bonds is 41. The van der Waals surface area contributed by atoms with E-state index in [0.29, 0.717) is 19.3 Å². The minimum absolute atomic E-state index is 0.143. The molecule has 58 heavy (non-hydrogen) atoms. The van der Waals surface area contributed by atoms with Gasteiger partial charge in [-0.1, -0.05) is 158 Å². The fraction of sp³-hybridized carbons (Fsp3) is 0.739. The van der Waals surface area contributed by atoms with Crippen LogP contribution in [0.3, 0.4) is 0 Å². The van der Waals surface area contributed by atoms with E-state index in [4.69, 9.17) is 19.1 Å². The molecule has 0 fully saturated rings. The fourth-order valence-electron chi connectivity index (χ4n) is 5.74. The quantitative estimate of drug-likeness (QED) is 0.0152. The zero-order valence-electron chi connectivity index (χ0n) is 36.1. The molecule has 0 aromatic heterocycles. The summed E-state index contributed by atoms with van der Waals surface area (Å²) in [5, 5.41) is 28.2. The van der Waals surface area contributed by atoms with Gasteiger partial charge in [0.2, 0.25) is 0 Å². The Balaban J connectivity index is 4.42. The third-order valence-corrected chi connectivity index (χ3v) is 10.2. The standard InChI is InChI=1S/C46H81O11P/c1-3-5-7-8-9-10-11-12-13-14-15-16-19-23-26-29-33-37-46(51)57-44(41-56-58(52,53)55-39-43(49)38-47)40-54-45(50)36-32-28-25-22-20-17-18-21-24-27-31-35-42(48)34-30-6-4-2/h12-13,17-18,22,24-25,27,31,35,42-44,47-49H,3-11,14-16,19-21,23,26,28-30,32-34,36-41H2,1-2H3,(H,52,53)/b13-12-,18-17-,25-22-,27-24-,35-31+/t42-,43+,44-/m1/s1. The van der Waals surface area contributed by atoms with Gasteiger partial charge in [-0.15, -0.1) is 0 Å². The molecular formula is C46H81O11P. The molecule has 4 atom stereocenters. The van der Waals surface area contributed by atoms with Gasteiger partial charge < -0.3 is 29.7 Å². The Hall–Kier alpha value is -2.37. The number of aliphatic hydroxyl groups excluding tert-OH is 3. The first-order valence-electron chi connectivity index (χ1n) is 22.4. The van der Waals surface area contributed by atoms with E-state index in [1.165, 1.54) is 57.8 Å². The van der Waals surface area contributed by atoms with Crippen LogP contribution in [0.5, 0.6) is 0 Å². The second-order valence-corrected chi connectivity index (χ2v) is 16.4. The molecular weight excluding hydrogens is 759 g/mol. The number of phosphoric acid groups is 1. The van der Waals surface area contributed by atoms with Gasteiger partial charge >= 0.3 is 19.8 Å². The lowest BCUT2D eigenvalue weighted by atomic mass is 10.1. The summed E-state index contributed by atoms with van der Waals surface area (Å²) in [6.07, 6.45) is 42.3. The lowest BCUT2D eigenvalue weighted by Gasteiger charge is -2.20. The van der Waals surface area contributed by atoms with E-state index in [9.17, 15) is 29.3 Å². The van der Waals surface area contributed by atoms with Crippen LogP contribution in [0.15, 0.2) is 60.8 Å². The van der Waals surface area contributed by atoms with Gasteiger partial charge in [-0.3, -0.25) is 18.6 Å². The van der Waals surface area contributed by atoms with E-state index in [2.05, 4.69) is 42.7 Å². The molecule has 0 saturated carbocycles. The highest BCUT2D eigenvalue weighted by Gasteiger charge is 2.27. The number of aliphatic hydroxyl groups is 3. The van der Waals surface area contributed by atoms with Crippen LogP contribution in [0, 0.1) is 0 Å². The molecule has 0 saturated heterocycles. The van der Waals surface area contributed by atoms with Crippen molar-refractivity contribution >= 4 is 19.8 Å². The summed E-state index contributed by atoms with van der Waals surface area (Å²) < 4.78 is 32.6. The van der Waals surface area contributed by atoms with E-state index in [-0.39, 0.29) is 25.6 Å². The maximum Gasteiger partial charge on any atom is 0.472 e. The summed E-state index contributed by atoms with van der Waals surface area (Å²) in [6, 6.07) is 0. The predicted molar refractivity (Wildman–Crippen MR) is 234 cm³/mol. The Bertz CT molecular complexity index is 1170. The molecule has 0 bridgehead atoms. The minimum Gasteiger partial charge on any atom is -0.462 e. The van der Waals surface area contributed by atoms with E-state index in [1.807, 2.05) is 36.5 Å². The second-order valence-electron chi connectivity index (χ2n) is 14.9. The lowest BCUT2D eigenvalue weighted by molar-refractivity contribution is -0.161. The maximum absolute atomic E-state index is 12.6. The molecule has 0 heterocycles. The minimum atomic E-state index is -4.64. The Morgan fingerprint density at radius 1 is 0.586 bits per heavy atom. The highest BCUT2D eigenvalue weighted by Crippen LogP contribution is 2.43. The van der Waals surface area contributed by atoms with Crippen molar-refractivity contribution in [2.75, 3.05) is 26.4 Å². The summed E-state index contributed by atoms with van der Waals surface area (Å²) in [4.78, 5) is 35.0. The van der Waals surface area contributed by atoms with Crippen LogP contribution in [-0.4, -0.2) is 76.9 Å². The van der Waals surface area contributed by atoms with Crippen molar-refractivity contribution in [3.8, 4) is 0 Å². The molecule has 0 aromatic rings. The van der Waals surface area contributed by atoms with Gasteiger partial charge in [-0.25, -0.2) is 4.57 Å². The third kappa shape index (κ3) is 40.4. The van der Waals surface area contributed by atoms with Gasteiger partial charge in [0.1, 0.15) is 12.7 Å². The Morgan fingerprint density at radius 2 is 1.10 bits per heavy atom. The number of hydrogen-bond acceptors (Lipinski definition) is 10. The molecule has 0 aromatic carbocycles. The van der Waals surface area contributed by atoms with Crippen LogP contribution in [0.4, 0.5) is 0 Å². The van der Waals surface area contributed by atoms with Gasteiger partial charge in [0.05, 0.1) is 25.9 Å². The fourth-order valence-corrected chi connectivity index (χ4v) is 6.53. The van der Waals surface area contributed by atoms with Gasteiger partial charge in [-0.05, 0) is 64.2 Å². The van der Waals surface area contributed by atoms with Crippen LogP contribution in [0.25, 0.3) is 0 Å². The normalized spacial score (nSPS) is 14.9. The van der Waals surface area contributed by atoms with Crippen LogP contribution >= 0.6 is 7.82 Å². The van der Waals surface area contributed by atoms with E-state index in [1.54, 1.807) is 0 Å². The van der Waals surface area contributed by atoms with Crippen LogP contribution in [0.1, 0.15) is 174 Å². The molecule has 0 rings (SSSR count). The first kappa shape index (κ1) is 55.6. The molecule has 11 nitrogen and oxygen atoms in total. The highest BCUT2D eigenvalue weighted by molar-refractivity contribution is 7.47. The van der Waals surface area contributed by atoms with Crippen molar-refractivity contribution in [1.29, 1.82) is 0 Å². The average molecular weight is 841 g/mol. The number of phosphoric ester groups is 1. The molecule has 0 amide bonds. The number of carbonyl (C=O) groups is 2.